The highest BCUT2D eigenvalue weighted by molar-refractivity contribution is 8.01. The standard InChI is InChI=1S/C31H16ClN5O5S2/c32-19-4-3-5-20(14-19)34-28(38)18(16-33)12-17-8-11-26(25(13-17)37(41)42)43-31-35-24-10-9-21(15-27(24)44-31)36-29(39)22-6-1-2-7-23(22)30(36)40/h1-15H,(H,34,38)/b18-12+. The molecule has 10 nitrogen and oxygen atoms in total. The molecule has 13 heteroatoms. The Labute approximate surface area is 262 Å². The monoisotopic (exact) mass is 637 g/mol. The molecule has 214 valence electrons. The van der Waals surface area contributed by atoms with Crippen LogP contribution in [0, 0.1) is 21.4 Å². The number of nitro groups is 1. The van der Waals surface area contributed by atoms with E-state index in [1.54, 1.807) is 66.7 Å². The van der Waals surface area contributed by atoms with Gasteiger partial charge in [0, 0.05) is 16.8 Å². The van der Waals surface area contributed by atoms with Gasteiger partial charge in [-0.05, 0) is 66.2 Å². The molecule has 0 aliphatic carbocycles. The summed E-state index contributed by atoms with van der Waals surface area (Å²) in [5.74, 6) is -1.50. The molecule has 0 radical (unpaired) electrons. The molecule has 0 fully saturated rings. The second-order valence-corrected chi connectivity index (χ2v) is 12.1. The number of nitro benzene ring substituents is 1. The first kappa shape index (κ1) is 28.8. The maximum Gasteiger partial charge on any atom is 0.283 e. The molecule has 5 aromatic rings. The number of nitrogens with zero attached hydrogens (tertiary/aromatic N) is 4. The van der Waals surface area contributed by atoms with Crippen molar-refractivity contribution < 1.29 is 19.3 Å². The number of hydrogen-bond donors (Lipinski definition) is 1. The third-order valence-corrected chi connectivity index (χ3v) is 8.92. The Morgan fingerprint density at radius 1 is 1.02 bits per heavy atom. The zero-order valence-corrected chi connectivity index (χ0v) is 24.6. The number of halogens is 1. The molecule has 0 spiro atoms. The van der Waals surface area contributed by atoms with E-state index in [-0.39, 0.29) is 16.8 Å². The predicted octanol–water partition coefficient (Wildman–Crippen LogP) is 7.36. The molecule has 0 unspecified atom stereocenters. The van der Waals surface area contributed by atoms with Crippen LogP contribution in [0.4, 0.5) is 17.1 Å². The number of thiazole rings is 1. The number of anilines is 2. The van der Waals surface area contributed by atoms with Gasteiger partial charge < -0.3 is 5.32 Å². The Hall–Kier alpha value is -5.35. The van der Waals surface area contributed by atoms with Gasteiger partial charge in [0.25, 0.3) is 23.4 Å². The summed E-state index contributed by atoms with van der Waals surface area (Å²) in [6.07, 6.45) is 1.26. The zero-order chi connectivity index (χ0) is 31.0. The van der Waals surface area contributed by atoms with Crippen molar-refractivity contribution in [2.24, 2.45) is 0 Å². The molecule has 1 N–H and O–H groups in total. The summed E-state index contributed by atoms with van der Waals surface area (Å²) in [6.45, 7) is 0. The van der Waals surface area contributed by atoms with Crippen LogP contribution in [0.3, 0.4) is 0 Å². The molecule has 2 heterocycles. The number of nitrogens with one attached hydrogen (secondary N) is 1. The normalized spacial score (nSPS) is 12.7. The highest BCUT2D eigenvalue weighted by Gasteiger charge is 2.36. The minimum Gasteiger partial charge on any atom is -0.321 e. The van der Waals surface area contributed by atoms with Gasteiger partial charge in [-0.3, -0.25) is 24.5 Å². The summed E-state index contributed by atoms with van der Waals surface area (Å²) in [5.41, 5.74) is 1.88. The topological polar surface area (TPSA) is 146 Å². The Balaban J connectivity index is 1.24. The van der Waals surface area contributed by atoms with E-state index in [1.165, 1.54) is 35.6 Å². The molecule has 0 saturated heterocycles. The fourth-order valence-electron chi connectivity index (χ4n) is 4.53. The number of hydrogen-bond acceptors (Lipinski definition) is 9. The first-order valence-electron chi connectivity index (χ1n) is 12.8. The van der Waals surface area contributed by atoms with E-state index in [0.717, 1.165) is 16.7 Å². The molecule has 3 amide bonds. The van der Waals surface area contributed by atoms with Crippen molar-refractivity contribution >= 4 is 85.8 Å². The summed E-state index contributed by atoms with van der Waals surface area (Å²) >= 11 is 8.29. The fraction of sp³-hybridized carbons (Fsp3) is 0. The van der Waals surface area contributed by atoms with Gasteiger partial charge in [0.1, 0.15) is 11.6 Å². The lowest BCUT2D eigenvalue weighted by atomic mass is 10.1. The molecular formula is C31H16ClN5O5S2. The molecule has 1 aliphatic heterocycles. The number of carbonyl (C=O) groups is 3. The highest BCUT2D eigenvalue weighted by atomic mass is 35.5. The smallest absolute Gasteiger partial charge is 0.283 e. The van der Waals surface area contributed by atoms with Gasteiger partial charge in [0.2, 0.25) is 0 Å². The van der Waals surface area contributed by atoms with Gasteiger partial charge in [-0.25, -0.2) is 9.88 Å². The SMILES string of the molecule is N#C/C(=C\c1ccc(Sc2nc3ccc(N4C(=O)c5ccccc5C4=O)cc3s2)c([N+](=O)[O-])c1)C(=O)Nc1cccc(Cl)c1. The van der Waals surface area contributed by atoms with Crippen LogP contribution >= 0.6 is 34.7 Å². The van der Waals surface area contributed by atoms with E-state index in [1.807, 2.05) is 6.07 Å². The van der Waals surface area contributed by atoms with E-state index in [2.05, 4.69) is 10.3 Å². The Kier molecular flexibility index (Phi) is 7.67. The maximum absolute atomic E-state index is 12.9. The van der Waals surface area contributed by atoms with Crippen LogP contribution < -0.4 is 10.2 Å². The van der Waals surface area contributed by atoms with Gasteiger partial charge in [-0.1, -0.05) is 47.6 Å². The van der Waals surface area contributed by atoms with Crippen LogP contribution in [-0.2, 0) is 4.79 Å². The van der Waals surface area contributed by atoms with Crippen LogP contribution in [0.15, 0.2) is 99.7 Å². The average molecular weight is 638 g/mol. The molecule has 1 aromatic heterocycles. The molecule has 0 saturated carbocycles. The maximum atomic E-state index is 12.9. The van der Waals surface area contributed by atoms with Crippen molar-refractivity contribution in [3.8, 4) is 6.07 Å². The summed E-state index contributed by atoms with van der Waals surface area (Å²) in [7, 11) is 0. The van der Waals surface area contributed by atoms with E-state index in [9.17, 15) is 29.8 Å². The van der Waals surface area contributed by atoms with Crippen molar-refractivity contribution in [1.29, 1.82) is 5.26 Å². The lowest BCUT2D eigenvalue weighted by Crippen LogP contribution is -2.29. The van der Waals surface area contributed by atoms with Crippen LogP contribution in [0.1, 0.15) is 26.3 Å². The third-order valence-electron chi connectivity index (χ3n) is 6.54. The number of amides is 3. The van der Waals surface area contributed by atoms with Crippen molar-refractivity contribution in [2.75, 3.05) is 10.2 Å². The minimum atomic E-state index is -0.689. The van der Waals surface area contributed by atoms with Gasteiger partial charge in [-0.15, -0.1) is 11.3 Å². The van der Waals surface area contributed by atoms with E-state index >= 15 is 0 Å². The van der Waals surface area contributed by atoms with E-state index < -0.39 is 22.6 Å². The molecule has 4 aromatic carbocycles. The van der Waals surface area contributed by atoms with E-state index in [0.29, 0.717) is 47.0 Å². The number of aromatic nitrogens is 1. The lowest BCUT2D eigenvalue weighted by Gasteiger charge is -2.13. The van der Waals surface area contributed by atoms with Crippen molar-refractivity contribution in [3.63, 3.8) is 0 Å². The van der Waals surface area contributed by atoms with Crippen molar-refractivity contribution in [1.82, 2.24) is 4.98 Å². The Morgan fingerprint density at radius 3 is 2.45 bits per heavy atom. The molecule has 1 aliphatic rings. The lowest BCUT2D eigenvalue weighted by molar-refractivity contribution is -0.387. The summed E-state index contributed by atoms with van der Waals surface area (Å²) in [6, 6.07) is 24.3. The van der Waals surface area contributed by atoms with E-state index in [4.69, 9.17) is 11.6 Å². The highest BCUT2D eigenvalue weighted by Crippen LogP contribution is 2.40. The van der Waals surface area contributed by atoms with Crippen LogP contribution in [-0.4, -0.2) is 27.6 Å². The number of benzene rings is 4. The molecule has 44 heavy (non-hydrogen) atoms. The number of rotatable bonds is 7. The quantitative estimate of drug-likeness (QED) is 0.0640. The number of carbonyl (C=O) groups excluding carboxylic acids is 3. The molecule has 0 atom stereocenters. The number of fused-ring (bicyclic) bond motifs is 2. The fourth-order valence-corrected chi connectivity index (χ4v) is 6.86. The van der Waals surface area contributed by atoms with Gasteiger partial charge in [0.15, 0.2) is 4.34 Å². The third kappa shape index (κ3) is 5.55. The van der Waals surface area contributed by atoms with Crippen LogP contribution in [0.5, 0.6) is 0 Å². The van der Waals surface area contributed by atoms with Crippen molar-refractivity contribution in [3.05, 3.63) is 122 Å². The number of nitriles is 1. The summed E-state index contributed by atoms with van der Waals surface area (Å²) < 4.78 is 1.19. The second-order valence-electron chi connectivity index (χ2n) is 9.34. The van der Waals surface area contributed by atoms with Crippen LogP contribution in [0.2, 0.25) is 5.02 Å². The van der Waals surface area contributed by atoms with Crippen molar-refractivity contribution in [2.45, 2.75) is 9.24 Å². The van der Waals surface area contributed by atoms with Gasteiger partial charge >= 0.3 is 0 Å². The molecule has 6 rings (SSSR count). The van der Waals surface area contributed by atoms with Gasteiger partial charge in [-0.2, -0.15) is 5.26 Å². The summed E-state index contributed by atoms with van der Waals surface area (Å²) in [4.78, 5) is 55.9. The Bertz CT molecular complexity index is 2090. The molecule has 0 bridgehead atoms. The summed E-state index contributed by atoms with van der Waals surface area (Å²) in [5, 5.41) is 24.5. The van der Waals surface area contributed by atoms with Crippen LogP contribution in [0.25, 0.3) is 16.3 Å². The van der Waals surface area contributed by atoms with Gasteiger partial charge in [0.05, 0.1) is 36.8 Å². The number of imide groups is 1. The second kappa shape index (κ2) is 11.7. The molecular weight excluding hydrogens is 622 g/mol. The average Bonchev–Trinajstić information content (AvgIpc) is 3.52. The predicted molar refractivity (Wildman–Crippen MR) is 168 cm³/mol. The largest absolute Gasteiger partial charge is 0.321 e. The minimum absolute atomic E-state index is 0.234. The Morgan fingerprint density at radius 2 is 1.77 bits per heavy atom. The first-order valence-corrected chi connectivity index (χ1v) is 14.8. The zero-order valence-electron chi connectivity index (χ0n) is 22.2. The first-order chi connectivity index (χ1) is 21.2.